The lowest BCUT2D eigenvalue weighted by atomic mass is 10.0. The van der Waals surface area contributed by atoms with Crippen LogP contribution in [0, 0.1) is 0 Å². The van der Waals surface area contributed by atoms with Crippen LogP contribution >= 0.6 is 0 Å². The molecule has 0 spiro atoms. The number of hydrogen-bond donors (Lipinski definition) is 2. The van der Waals surface area contributed by atoms with E-state index in [0.29, 0.717) is 13.0 Å². The number of ether oxygens (including phenoxy) is 2. The van der Waals surface area contributed by atoms with E-state index in [0.717, 1.165) is 23.6 Å². The number of benzene rings is 1. The fraction of sp³-hybridized carbons (Fsp3) is 0.417. The van der Waals surface area contributed by atoms with E-state index in [1.165, 1.54) is 0 Å². The second kappa shape index (κ2) is 4.25. The van der Waals surface area contributed by atoms with Crippen LogP contribution in [0.25, 0.3) is 0 Å². The van der Waals surface area contributed by atoms with Gasteiger partial charge >= 0.3 is 0 Å². The first-order chi connectivity index (χ1) is 8.33. The Kier molecular flexibility index (Phi) is 2.60. The summed E-state index contributed by atoms with van der Waals surface area (Å²) in [7, 11) is 0. The third-order valence-corrected chi connectivity index (χ3v) is 3.01. The zero-order valence-corrected chi connectivity index (χ0v) is 9.36. The predicted molar refractivity (Wildman–Crippen MR) is 61.1 cm³/mol. The molecule has 17 heavy (non-hydrogen) atoms. The highest BCUT2D eigenvalue weighted by Crippen LogP contribution is 2.32. The van der Waals surface area contributed by atoms with Gasteiger partial charge in [0.1, 0.15) is 0 Å². The fourth-order valence-corrected chi connectivity index (χ4v) is 2.12. The summed E-state index contributed by atoms with van der Waals surface area (Å²) in [5.41, 5.74) is 1.07. The lowest BCUT2D eigenvalue weighted by Gasteiger charge is -2.23. The molecule has 1 amide bonds. The van der Waals surface area contributed by atoms with E-state index < -0.39 is 0 Å². The van der Waals surface area contributed by atoms with Crippen LogP contribution in [-0.4, -0.2) is 31.8 Å². The van der Waals surface area contributed by atoms with Crippen molar-refractivity contribution in [2.24, 2.45) is 0 Å². The quantitative estimate of drug-likeness (QED) is 0.759. The molecule has 90 valence electrons. The maximum Gasteiger partial charge on any atom is 0.237 e. The standard InChI is InChI=1S/C12H14N2O3/c15-12-9(13-3-4-14-12)5-8-1-2-10-11(6-8)17-7-16-10/h1-2,6,9,13H,3-5,7H2,(H,14,15). The minimum atomic E-state index is -0.149. The summed E-state index contributed by atoms with van der Waals surface area (Å²) in [6.45, 7) is 1.80. The molecule has 2 aliphatic heterocycles. The topological polar surface area (TPSA) is 59.6 Å². The Balaban J connectivity index is 1.74. The number of amides is 1. The molecule has 1 fully saturated rings. The van der Waals surface area contributed by atoms with Gasteiger partial charge in [0, 0.05) is 13.1 Å². The van der Waals surface area contributed by atoms with Gasteiger partial charge in [-0.3, -0.25) is 4.79 Å². The van der Waals surface area contributed by atoms with E-state index in [9.17, 15) is 4.79 Å². The Bertz CT molecular complexity index is 447. The third kappa shape index (κ3) is 2.06. The van der Waals surface area contributed by atoms with Gasteiger partial charge in [-0.2, -0.15) is 0 Å². The number of carbonyl (C=O) groups excluding carboxylic acids is 1. The largest absolute Gasteiger partial charge is 0.454 e. The van der Waals surface area contributed by atoms with Crippen LogP contribution < -0.4 is 20.1 Å². The van der Waals surface area contributed by atoms with Crippen molar-refractivity contribution in [2.45, 2.75) is 12.5 Å². The molecule has 2 heterocycles. The summed E-state index contributed by atoms with van der Waals surface area (Å²) in [5.74, 6) is 1.60. The van der Waals surface area contributed by atoms with Gasteiger partial charge in [0.2, 0.25) is 12.7 Å². The molecule has 5 heteroatoms. The number of fused-ring (bicyclic) bond motifs is 1. The molecule has 0 aromatic heterocycles. The minimum absolute atomic E-state index is 0.0638. The van der Waals surface area contributed by atoms with Gasteiger partial charge in [0.15, 0.2) is 11.5 Å². The summed E-state index contributed by atoms with van der Waals surface area (Å²) in [6, 6.07) is 5.64. The zero-order chi connectivity index (χ0) is 11.7. The summed E-state index contributed by atoms with van der Waals surface area (Å²) in [5, 5.41) is 6.05. The van der Waals surface area contributed by atoms with E-state index in [4.69, 9.17) is 9.47 Å². The fourth-order valence-electron chi connectivity index (χ4n) is 2.12. The maximum atomic E-state index is 11.6. The van der Waals surface area contributed by atoms with Crippen LogP contribution in [0.5, 0.6) is 11.5 Å². The molecule has 1 saturated heterocycles. The van der Waals surface area contributed by atoms with Crippen LogP contribution in [-0.2, 0) is 11.2 Å². The van der Waals surface area contributed by atoms with Crippen molar-refractivity contribution in [3.63, 3.8) is 0 Å². The number of piperazine rings is 1. The average Bonchev–Trinajstić information content (AvgIpc) is 2.79. The summed E-state index contributed by atoms with van der Waals surface area (Å²) < 4.78 is 10.6. The highest BCUT2D eigenvalue weighted by atomic mass is 16.7. The molecule has 0 aliphatic carbocycles. The predicted octanol–water partition coefficient (Wildman–Crippen LogP) is 0.0458. The normalized spacial score (nSPS) is 22.4. The van der Waals surface area contributed by atoms with Crippen molar-refractivity contribution >= 4 is 5.91 Å². The lowest BCUT2D eigenvalue weighted by Crippen LogP contribution is -2.53. The van der Waals surface area contributed by atoms with Gasteiger partial charge in [-0.1, -0.05) is 6.07 Å². The average molecular weight is 234 g/mol. The molecule has 5 nitrogen and oxygen atoms in total. The highest BCUT2D eigenvalue weighted by Gasteiger charge is 2.22. The first kappa shape index (κ1) is 10.4. The van der Waals surface area contributed by atoms with Crippen LogP contribution in [0.15, 0.2) is 18.2 Å². The summed E-state index contributed by atoms with van der Waals surface area (Å²) in [4.78, 5) is 11.6. The molecule has 0 bridgehead atoms. The van der Waals surface area contributed by atoms with Gasteiger partial charge in [0.05, 0.1) is 6.04 Å². The second-order valence-corrected chi connectivity index (χ2v) is 4.19. The summed E-state index contributed by atoms with van der Waals surface area (Å²) >= 11 is 0. The number of hydrogen-bond acceptors (Lipinski definition) is 4. The van der Waals surface area contributed by atoms with Crippen molar-refractivity contribution in [1.29, 1.82) is 0 Å². The van der Waals surface area contributed by atoms with Crippen molar-refractivity contribution < 1.29 is 14.3 Å². The van der Waals surface area contributed by atoms with Crippen LogP contribution in [0.3, 0.4) is 0 Å². The monoisotopic (exact) mass is 234 g/mol. The Hall–Kier alpha value is -1.75. The molecule has 2 aliphatic rings. The minimum Gasteiger partial charge on any atom is -0.454 e. The molecule has 1 aromatic rings. The molecule has 1 atom stereocenters. The molecule has 0 radical (unpaired) electrons. The zero-order valence-electron chi connectivity index (χ0n) is 9.36. The molecular formula is C12H14N2O3. The smallest absolute Gasteiger partial charge is 0.237 e. The van der Waals surface area contributed by atoms with E-state index in [-0.39, 0.29) is 18.7 Å². The van der Waals surface area contributed by atoms with Gasteiger partial charge in [0.25, 0.3) is 0 Å². The Morgan fingerprint density at radius 3 is 3.00 bits per heavy atom. The molecule has 1 unspecified atom stereocenters. The first-order valence-corrected chi connectivity index (χ1v) is 5.72. The van der Waals surface area contributed by atoms with Gasteiger partial charge in [-0.25, -0.2) is 0 Å². The third-order valence-electron chi connectivity index (χ3n) is 3.01. The van der Waals surface area contributed by atoms with E-state index >= 15 is 0 Å². The van der Waals surface area contributed by atoms with Gasteiger partial charge in [-0.15, -0.1) is 0 Å². The van der Waals surface area contributed by atoms with E-state index in [2.05, 4.69) is 10.6 Å². The number of rotatable bonds is 2. The highest BCUT2D eigenvalue weighted by molar-refractivity contribution is 5.82. The summed E-state index contributed by atoms with van der Waals surface area (Å²) in [6.07, 6.45) is 0.669. The molecule has 2 N–H and O–H groups in total. The van der Waals surface area contributed by atoms with E-state index in [1.54, 1.807) is 0 Å². The van der Waals surface area contributed by atoms with Crippen LogP contribution in [0.2, 0.25) is 0 Å². The second-order valence-electron chi connectivity index (χ2n) is 4.19. The molecule has 1 aromatic carbocycles. The SMILES string of the molecule is O=C1NCCNC1Cc1ccc2c(c1)OCO2. The van der Waals surface area contributed by atoms with E-state index in [1.807, 2.05) is 18.2 Å². The van der Waals surface area contributed by atoms with Crippen LogP contribution in [0.1, 0.15) is 5.56 Å². The Morgan fingerprint density at radius 2 is 2.12 bits per heavy atom. The van der Waals surface area contributed by atoms with Crippen LogP contribution in [0.4, 0.5) is 0 Å². The molecule has 3 rings (SSSR count). The van der Waals surface area contributed by atoms with Gasteiger partial charge < -0.3 is 20.1 Å². The maximum absolute atomic E-state index is 11.6. The molecular weight excluding hydrogens is 220 g/mol. The van der Waals surface area contributed by atoms with Crippen molar-refractivity contribution in [2.75, 3.05) is 19.9 Å². The van der Waals surface area contributed by atoms with Crippen molar-refractivity contribution in [1.82, 2.24) is 10.6 Å². The van der Waals surface area contributed by atoms with Crippen molar-refractivity contribution in [3.8, 4) is 11.5 Å². The van der Waals surface area contributed by atoms with Crippen molar-refractivity contribution in [3.05, 3.63) is 23.8 Å². The number of nitrogens with one attached hydrogen (secondary N) is 2. The Morgan fingerprint density at radius 1 is 1.24 bits per heavy atom. The van der Waals surface area contributed by atoms with Gasteiger partial charge in [-0.05, 0) is 24.1 Å². The lowest BCUT2D eigenvalue weighted by molar-refractivity contribution is -0.124. The number of carbonyl (C=O) groups is 1. The molecule has 0 saturated carbocycles. The Labute approximate surface area is 99.1 Å². The first-order valence-electron chi connectivity index (χ1n) is 5.72.